The summed E-state index contributed by atoms with van der Waals surface area (Å²) < 4.78 is 22.0. The monoisotopic (exact) mass is 547 g/mol. The molecule has 2 aliphatic carbocycles. The highest BCUT2D eigenvalue weighted by molar-refractivity contribution is 5.85. The number of hydrogen-bond donors (Lipinski definition) is 4. The molecular weight excluding hydrogens is 518 g/mol. The normalized spacial score (nSPS) is 29.7. The van der Waals surface area contributed by atoms with E-state index in [0.29, 0.717) is 30.9 Å². The Morgan fingerprint density at radius 2 is 1.95 bits per heavy atom. The van der Waals surface area contributed by atoms with Crippen LogP contribution >= 0.6 is 0 Å². The predicted octanol–water partition coefficient (Wildman–Crippen LogP) is -0.262. The number of aliphatic hydroxyl groups excluding tert-OH is 1. The summed E-state index contributed by atoms with van der Waals surface area (Å²) in [6, 6.07) is 3.53. The van der Waals surface area contributed by atoms with Crippen LogP contribution in [0.3, 0.4) is 0 Å². The second-order valence-electron chi connectivity index (χ2n) is 10.3. The van der Waals surface area contributed by atoms with E-state index in [2.05, 4.69) is 9.64 Å². The third-order valence-electron chi connectivity index (χ3n) is 8.32. The van der Waals surface area contributed by atoms with Gasteiger partial charge in [-0.2, -0.15) is 0 Å². The van der Waals surface area contributed by atoms with Gasteiger partial charge in [0.15, 0.2) is 23.7 Å². The summed E-state index contributed by atoms with van der Waals surface area (Å²) in [7, 11) is 3.46. The number of likely N-dealkylation sites (tertiary alicyclic amines) is 1. The number of aliphatic carboxylic acids is 2. The van der Waals surface area contributed by atoms with E-state index in [4.69, 9.17) is 24.4 Å². The lowest BCUT2D eigenvalue weighted by Crippen LogP contribution is -2.74. The van der Waals surface area contributed by atoms with Gasteiger partial charge in [-0.3, -0.25) is 9.59 Å². The summed E-state index contributed by atoms with van der Waals surface area (Å²) in [5.74, 6) is -4.68. The zero-order valence-corrected chi connectivity index (χ0v) is 21.3. The lowest BCUT2D eigenvalue weighted by molar-refractivity contribution is -0.175. The summed E-state index contributed by atoms with van der Waals surface area (Å²) in [5, 5.41) is 40.3. The summed E-state index contributed by atoms with van der Waals surface area (Å²) in [6.45, 7) is 0.652. The third kappa shape index (κ3) is 4.03. The Balaban J connectivity index is 1.38. The Morgan fingerprint density at radius 3 is 2.62 bits per heavy atom. The van der Waals surface area contributed by atoms with E-state index in [0.717, 1.165) is 11.1 Å². The number of nitrogens with zero attached hydrogens (tertiary/aromatic N) is 1. The molecule has 39 heavy (non-hydrogen) atoms. The topological polar surface area (TPSA) is 189 Å². The van der Waals surface area contributed by atoms with Crippen LogP contribution in [0.25, 0.3) is 0 Å². The van der Waals surface area contributed by atoms with Crippen LogP contribution in [-0.4, -0.2) is 99.9 Å². The first-order valence-electron chi connectivity index (χ1n) is 12.5. The molecular formula is C26H29NO12. The van der Waals surface area contributed by atoms with Crippen LogP contribution in [0.15, 0.2) is 24.0 Å². The number of methoxy groups -OCH3 is 1. The van der Waals surface area contributed by atoms with Gasteiger partial charge in [0.1, 0.15) is 5.76 Å². The van der Waals surface area contributed by atoms with Crippen molar-refractivity contribution in [2.75, 3.05) is 20.7 Å². The van der Waals surface area contributed by atoms with Crippen molar-refractivity contribution in [3.63, 3.8) is 0 Å². The van der Waals surface area contributed by atoms with Crippen molar-refractivity contribution < 1.29 is 58.6 Å². The highest BCUT2D eigenvalue weighted by Gasteiger charge is 2.72. The zero-order chi connectivity index (χ0) is 28.3. The highest BCUT2D eigenvalue weighted by Crippen LogP contribution is 2.65. The van der Waals surface area contributed by atoms with Gasteiger partial charge in [0.05, 0.1) is 31.0 Å². The molecule has 1 fully saturated rings. The Labute approximate surface area is 222 Å². The molecule has 0 radical (unpaired) electrons. The molecule has 4 N–H and O–H groups in total. The molecule has 2 heterocycles. The van der Waals surface area contributed by atoms with E-state index in [1.54, 1.807) is 12.1 Å². The summed E-state index contributed by atoms with van der Waals surface area (Å²) in [4.78, 5) is 49.0. The maximum Gasteiger partial charge on any atom is 0.345 e. The van der Waals surface area contributed by atoms with Gasteiger partial charge in [-0.15, -0.1) is 0 Å². The van der Waals surface area contributed by atoms with Gasteiger partial charge < -0.3 is 44.3 Å². The molecule has 0 amide bonds. The van der Waals surface area contributed by atoms with Gasteiger partial charge in [-0.1, -0.05) is 6.07 Å². The minimum Gasteiger partial charge on any atom is -0.493 e. The molecule has 1 saturated heterocycles. The standard InChI is InChI=1S/C26H29NO12/c1-27-8-7-25-20-12-3-4-14(36-2)21(20)39-22(25)15(5-6-26(25,35)17(27)9-12)38-24(34)13(28)10-19(31)37-16(23(32)33)11-18(29)30/h3-5,13,16-17,22,28,35H,6-11H2,1-2H3,(H,29,30)(H,32,33)/t13-,16+,17-,22-,25-,26+/m0/s1. The van der Waals surface area contributed by atoms with Crippen molar-refractivity contribution in [3.8, 4) is 11.5 Å². The molecule has 0 saturated carbocycles. The lowest BCUT2D eigenvalue weighted by atomic mass is 9.50. The van der Waals surface area contributed by atoms with Gasteiger partial charge in [-0.05, 0) is 44.1 Å². The van der Waals surface area contributed by atoms with Crippen molar-refractivity contribution in [2.24, 2.45) is 0 Å². The van der Waals surface area contributed by atoms with Crippen LogP contribution in [-0.2, 0) is 40.5 Å². The van der Waals surface area contributed by atoms with Crippen molar-refractivity contribution in [1.29, 1.82) is 0 Å². The zero-order valence-electron chi connectivity index (χ0n) is 21.3. The maximum absolute atomic E-state index is 12.8. The maximum atomic E-state index is 12.8. The third-order valence-corrected chi connectivity index (χ3v) is 8.32. The molecule has 1 aromatic rings. The number of likely N-dealkylation sites (N-methyl/N-ethyl adjacent to an activating group) is 1. The van der Waals surface area contributed by atoms with Crippen molar-refractivity contribution in [3.05, 3.63) is 35.1 Å². The SMILES string of the molecule is COc1ccc2c3c1O[C@H]1C(OC(=O)[C@@H](O)CC(=O)O[C@H](CC(=O)O)C(=O)O)=CC[C@@]4(O)[C@H](C2)N(C)CC[C@]314. The second-order valence-corrected chi connectivity index (χ2v) is 10.3. The Hall–Kier alpha value is -3.68. The first-order chi connectivity index (χ1) is 18.4. The van der Waals surface area contributed by atoms with Crippen LogP contribution in [0.2, 0.25) is 0 Å². The van der Waals surface area contributed by atoms with Gasteiger partial charge >= 0.3 is 23.9 Å². The number of carbonyl (C=O) groups excluding carboxylic acids is 2. The van der Waals surface area contributed by atoms with Gasteiger partial charge in [-0.25, -0.2) is 9.59 Å². The van der Waals surface area contributed by atoms with E-state index in [1.807, 2.05) is 13.1 Å². The molecule has 1 spiro atoms. The average Bonchev–Trinajstić information content (AvgIpc) is 3.22. The van der Waals surface area contributed by atoms with Crippen LogP contribution in [0.4, 0.5) is 0 Å². The minimum atomic E-state index is -2.03. The van der Waals surface area contributed by atoms with Gasteiger partial charge in [0.25, 0.3) is 0 Å². The number of benzene rings is 1. The summed E-state index contributed by atoms with van der Waals surface area (Å²) in [6.07, 6.45) is -4.06. The van der Waals surface area contributed by atoms with Crippen LogP contribution in [0.5, 0.6) is 11.5 Å². The molecule has 13 heteroatoms. The molecule has 210 valence electrons. The van der Waals surface area contributed by atoms with E-state index < -0.39 is 66.0 Å². The van der Waals surface area contributed by atoms with E-state index >= 15 is 0 Å². The molecule has 0 unspecified atom stereocenters. The van der Waals surface area contributed by atoms with Gasteiger partial charge in [0, 0.05) is 18.0 Å². The Kier molecular flexibility index (Phi) is 6.56. The fourth-order valence-electron chi connectivity index (χ4n) is 6.56. The van der Waals surface area contributed by atoms with Crippen molar-refractivity contribution >= 4 is 23.9 Å². The van der Waals surface area contributed by atoms with Crippen molar-refractivity contribution in [1.82, 2.24) is 4.90 Å². The number of rotatable bonds is 9. The number of piperidine rings is 1. The van der Waals surface area contributed by atoms with E-state index in [1.165, 1.54) is 7.11 Å². The highest BCUT2D eigenvalue weighted by atomic mass is 16.6. The number of carboxylic acid groups (broad SMARTS) is 2. The second kappa shape index (κ2) is 9.50. The van der Waals surface area contributed by atoms with Crippen LogP contribution in [0, 0.1) is 0 Å². The molecule has 2 bridgehead atoms. The fraction of sp³-hybridized carbons (Fsp3) is 0.538. The molecule has 0 aromatic heterocycles. The molecule has 6 atom stereocenters. The molecule has 13 nitrogen and oxygen atoms in total. The molecule has 2 aliphatic heterocycles. The van der Waals surface area contributed by atoms with Gasteiger partial charge in [0.2, 0.25) is 6.10 Å². The van der Waals surface area contributed by atoms with Crippen molar-refractivity contribution in [2.45, 2.75) is 67.5 Å². The quantitative estimate of drug-likeness (QED) is 0.296. The molecule has 5 rings (SSSR count). The van der Waals surface area contributed by atoms with Crippen LogP contribution < -0.4 is 9.47 Å². The molecule has 1 aromatic carbocycles. The number of carboxylic acids is 2. The molecule has 4 aliphatic rings. The number of hydrogen-bond acceptors (Lipinski definition) is 11. The lowest BCUT2D eigenvalue weighted by Gasteiger charge is -2.61. The Bertz CT molecular complexity index is 1280. The number of aliphatic hydroxyl groups is 2. The minimum absolute atomic E-state index is 0.0702. The fourth-order valence-corrected chi connectivity index (χ4v) is 6.56. The number of ether oxygens (including phenoxy) is 4. The average molecular weight is 548 g/mol. The largest absolute Gasteiger partial charge is 0.493 e. The summed E-state index contributed by atoms with van der Waals surface area (Å²) >= 11 is 0. The van der Waals surface area contributed by atoms with E-state index in [9.17, 15) is 29.4 Å². The first-order valence-corrected chi connectivity index (χ1v) is 12.5. The first kappa shape index (κ1) is 26.9. The number of carbonyl (C=O) groups is 4. The smallest absolute Gasteiger partial charge is 0.345 e. The van der Waals surface area contributed by atoms with E-state index in [-0.39, 0.29) is 18.2 Å². The number of esters is 2. The predicted molar refractivity (Wildman–Crippen MR) is 128 cm³/mol. The Morgan fingerprint density at radius 1 is 1.21 bits per heavy atom. The van der Waals surface area contributed by atoms with Crippen LogP contribution in [0.1, 0.15) is 36.8 Å². The summed E-state index contributed by atoms with van der Waals surface area (Å²) in [5.41, 5.74) is -0.354.